The standard InChI is InChI=1S/C22H27N5O2/c1-26-14-15(13-24-26)6-4-10-23-20(28)18-12-16-7-5-11-27(16)22(18)17-8-2-3-9-19(17)25-21(22)29/h2-3,8-9,13-14,16,18H,4-7,10-12H2,1H3,(H,23,28)(H,25,29)/t16-,18-,22+/m1/s1. The Morgan fingerprint density at radius 2 is 2.24 bits per heavy atom. The Bertz CT molecular complexity index is 954. The number of hydrogen-bond acceptors (Lipinski definition) is 4. The first-order valence-electron chi connectivity index (χ1n) is 10.5. The molecule has 1 aromatic heterocycles. The van der Waals surface area contributed by atoms with Crippen LogP contribution in [0.4, 0.5) is 5.69 Å². The van der Waals surface area contributed by atoms with Crippen LogP contribution in [0.25, 0.3) is 0 Å². The van der Waals surface area contributed by atoms with E-state index in [0.29, 0.717) is 12.6 Å². The van der Waals surface area contributed by atoms with Crippen LogP contribution in [0, 0.1) is 5.92 Å². The molecule has 3 aliphatic rings. The van der Waals surface area contributed by atoms with Crippen LogP contribution in [0.3, 0.4) is 0 Å². The maximum Gasteiger partial charge on any atom is 0.250 e. The normalized spacial score (nSPS) is 27.8. The largest absolute Gasteiger partial charge is 0.356 e. The molecule has 2 aromatic rings. The Balaban J connectivity index is 1.35. The zero-order valence-corrected chi connectivity index (χ0v) is 16.7. The lowest BCUT2D eigenvalue weighted by Crippen LogP contribution is -2.54. The monoisotopic (exact) mass is 393 g/mol. The van der Waals surface area contributed by atoms with Crippen molar-refractivity contribution in [3.63, 3.8) is 0 Å². The molecule has 3 atom stereocenters. The van der Waals surface area contributed by atoms with E-state index in [1.165, 1.54) is 5.56 Å². The first kappa shape index (κ1) is 18.4. The summed E-state index contributed by atoms with van der Waals surface area (Å²) in [5, 5.41) is 10.4. The molecule has 0 unspecified atom stereocenters. The number of rotatable bonds is 5. The lowest BCUT2D eigenvalue weighted by molar-refractivity contribution is -0.137. The van der Waals surface area contributed by atoms with E-state index in [2.05, 4.69) is 20.6 Å². The summed E-state index contributed by atoms with van der Waals surface area (Å²) < 4.78 is 1.79. The van der Waals surface area contributed by atoms with E-state index >= 15 is 0 Å². The third-order valence-electron chi connectivity index (χ3n) is 6.79. The van der Waals surface area contributed by atoms with Crippen molar-refractivity contribution >= 4 is 17.5 Å². The Hall–Kier alpha value is -2.67. The number of nitrogens with one attached hydrogen (secondary N) is 2. The number of aromatic nitrogens is 2. The van der Waals surface area contributed by atoms with Gasteiger partial charge in [0.15, 0.2) is 0 Å². The van der Waals surface area contributed by atoms with Gasteiger partial charge in [-0.3, -0.25) is 19.2 Å². The van der Waals surface area contributed by atoms with Gasteiger partial charge in [0.25, 0.3) is 0 Å². The van der Waals surface area contributed by atoms with Gasteiger partial charge in [0.05, 0.1) is 12.1 Å². The summed E-state index contributed by atoms with van der Waals surface area (Å²) in [5.74, 6) is -0.397. The van der Waals surface area contributed by atoms with Gasteiger partial charge < -0.3 is 10.6 Å². The van der Waals surface area contributed by atoms with Crippen LogP contribution in [0.2, 0.25) is 0 Å². The Labute approximate surface area is 170 Å². The highest BCUT2D eigenvalue weighted by Crippen LogP contribution is 2.55. The second-order valence-electron chi connectivity index (χ2n) is 8.46. The number of benzene rings is 1. The third kappa shape index (κ3) is 2.79. The molecule has 1 spiro atoms. The summed E-state index contributed by atoms with van der Waals surface area (Å²) in [7, 11) is 1.90. The molecule has 4 heterocycles. The fourth-order valence-electron chi connectivity index (χ4n) is 5.61. The Kier molecular flexibility index (Phi) is 4.42. The van der Waals surface area contributed by atoms with E-state index in [0.717, 1.165) is 49.9 Å². The quantitative estimate of drug-likeness (QED) is 0.760. The number of nitrogens with zero attached hydrogens (tertiary/aromatic N) is 3. The molecule has 0 radical (unpaired) electrons. The molecule has 0 saturated carbocycles. The van der Waals surface area contributed by atoms with Gasteiger partial charge in [-0.15, -0.1) is 0 Å². The minimum atomic E-state index is -0.856. The predicted molar refractivity (Wildman–Crippen MR) is 109 cm³/mol. The first-order valence-corrected chi connectivity index (χ1v) is 10.5. The SMILES string of the molecule is Cn1cc(CCCNC(=O)[C@H]2C[C@H]3CCCN3[C@]23C(=O)Nc2ccccc23)cn1. The number of hydrogen-bond donors (Lipinski definition) is 2. The summed E-state index contributed by atoms with van der Waals surface area (Å²) in [5.41, 5.74) is 2.12. The van der Waals surface area contributed by atoms with Gasteiger partial charge in [0.1, 0.15) is 5.54 Å². The maximum atomic E-state index is 13.3. The molecule has 7 nitrogen and oxygen atoms in total. The molecule has 2 N–H and O–H groups in total. The van der Waals surface area contributed by atoms with Crippen LogP contribution >= 0.6 is 0 Å². The van der Waals surface area contributed by atoms with Gasteiger partial charge in [0.2, 0.25) is 11.8 Å². The highest BCUT2D eigenvalue weighted by molar-refractivity contribution is 6.09. The lowest BCUT2D eigenvalue weighted by Gasteiger charge is -2.36. The van der Waals surface area contributed by atoms with Crippen LogP contribution < -0.4 is 10.6 Å². The lowest BCUT2D eigenvalue weighted by atomic mass is 9.78. The highest BCUT2D eigenvalue weighted by Gasteiger charge is 2.65. The van der Waals surface area contributed by atoms with Crippen molar-refractivity contribution < 1.29 is 9.59 Å². The van der Waals surface area contributed by atoms with Crippen LogP contribution in [-0.2, 0) is 28.6 Å². The van der Waals surface area contributed by atoms with Gasteiger partial charge in [0, 0.05) is 37.1 Å². The smallest absolute Gasteiger partial charge is 0.250 e. The molecular formula is C22H27N5O2. The van der Waals surface area contributed by atoms with Gasteiger partial charge in [-0.05, 0) is 50.3 Å². The van der Waals surface area contributed by atoms with Crippen LogP contribution in [-0.4, -0.2) is 45.6 Å². The van der Waals surface area contributed by atoms with Crippen molar-refractivity contribution in [2.24, 2.45) is 13.0 Å². The van der Waals surface area contributed by atoms with Crippen LogP contribution in [0.5, 0.6) is 0 Å². The van der Waals surface area contributed by atoms with Crippen molar-refractivity contribution in [3.8, 4) is 0 Å². The van der Waals surface area contributed by atoms with E-state index in [9.17, 15) is 9.59 Å². The van der Waals surface area contributed by atoms with Crippen molar-refractivity contribution in [3.05, 3.63) is 47.8 Å². The fraction of sp³-hybridized carbons (Fsp3) is 0.500. The number of para-hydroxylation sites is 1. The molecule has 152 valence electrons. The molecular weight excluding hydrogens is 366 g/mol. The number of anilines is 1. The molecule has 2 amide bonds. The summed E-state index contributed by atoms with van der Waals surface area (Å²) in [4.78, 5) is 28.9. The summed E-state index contributed by atoms with van der Waals surface area (Å²) in [6, 6.07) is 8.15. The van der Waals surface area contributed by atoms with Gasteiger partial charge in [-0.25, -0.2) is 0 Å². The van der Waals surface area contributed by atoms with Crippen molar-refractivity contribution in [1.82, 2.24) is 20.0 Å². The number of amides is 2. The van der Waals surface area contributed by atoms with E-state index in [1.54, 1.807) is 4.68 Å². The zero-order chi connectivity index (χ0) is 20.0. The summed E-state index contributed by atoms with van der Waals surface area (Å²) in [6.07, 6.45) is 8.48. The minimum Gasteiger partial charge on any atom is -0.356 e. The molecule has 0 aliphatic carbocycles. The summed E-state index contributed by atoms with van der Waals surface area (Å²) in [6.45, 7) is 1.48. The van der Waals surface area contributed by atoms with Gasteiger partial charge >= 0.3 is 0 Å². The molecule has 29 heavy (non-hydrogen) atoms. The average Bonchev–Trinajstić information content (AvgIpc) is 3.45. The number of carbonyl (C=O) groups is 2. The number of aryl methyl sites for hydroxylation is 2. The minimum absolute atomic E-state index is 0.00237. The number of carbonyl (C=O) groups excluding carboxylic acids is 2. The third-order valence-corrected chi connectivity index (χ3v) is 6.79. The topological polar surface area (TPSA) is 79.3 Å². The van der Waals surface area contributed by atoms with Crippen molar-refractivity contribution in [2.75, 3.05) is 18.4 Å². The van der Waals surface area contributed by atoms with E-state index in [1.807, 2.05) is 43.7 Å². The molecule has 1 aromatic carbocycles. The molecule has 2 saturated heterocycles. The van der Waals surface area contributed by atoms with E-state index < -0.39 is 5.54 Å². The Morgan fingerprint density at radius 3 is 3.07 bits per heavy atom. The maximum absolute atomic E-state index is 13.3. The average molecular weight is 393 g/mol. The predicted octanol–water partition coefficient (Wildman–Crippen LogP) is 1.80. The first-order chi connectivity index (χ1) is 14.1. The zero-order valence-electron chi connectivity index (χ0n) is 16.7. The molecule has 5 rings (SSSR count). The second kappa shape index (κ2) is 6.99. The number of fused-ring (bicyclic) bond motifs is 4. The Morgan fingerprint density at radius 1 is 1.38 bits per heavy atom. The van der Waals surface area contributed by atoms with Crippen LogP contribution in [0.15, 0.2) is 36.7 Å². The van der Waals surface area contributed by atoms with E-state index in [4.69, 9.17) is 0 Å². The van der Waals surface area contributed by atoms with Crippen LogP contribution in [0.1, 0.15) is 36.8 Å². The fourth-order valence-corrected chi connectivity index (χ4v) is 5.61. The van der Waals surface area contributed by atoms with Gasteiger partial charge in [-0.1, -0.05) is 18.2 Å². The molecule has 2 fully saturated rings. The highest BCUT2D eigenvalue weighted by atomic mass is 16.2. The van der Waals surface area contributed by atoms with E-state index in [-0.39, 0.29) is 17.7 Å². The molecule has 3 aliphatic heterocycles. The summed E-state index contributed by atoms with van der Waals surface area (Å²) >= 11 is 0. The van der Waals surface area contributed by atoms with Crippen molar-refractivity contribution in [1.29, 1.82) is 0 Å². The molecule has 7 heteroatoms. The van der Waals surface area contributed by atoms with Crippen molar-refractivity contribution in [2.45, 2.75) is 43.7 Å². The second-order valence-corrected chi connectivity index (χ2v) is 8.46. The van der Waals surface area contributed by atoms with Gasteiger partial charge in [-0.2, -0.15) is 5.10 Å². The molecule has 0 bridgehead atoms.